The summed E-state index contributed by atoms with van der Waals surface area (Å²) in [6.45, 7) is -0.670. The number of nitrogen functional groups attached to an aromatic ring is 1. The number of phosphoric acid groups is 1. The second-order valence-corrected chi connectivity index (χ2v) is 7.70. The molecule has 0 bridgehead atoms. The predicted octanol–water partition coefficient (Wildman–Crippen LogP) is -2.45. The number of anilines is 1. The number of nitrogens with one attached hydrogen (secondary N) is 1. The Hall–Kier alpha value is -3.12. The van der Waals surface area contributed by atoms with Crippen molar-refractivity contribution in [1.29, 1.82) is 0 Å². The summed E-state index contributed by atoms with van der Waals surface area (Å²) < 4.78 is 46.7. The molecule has 0 spiro atoms. The lowest BCUT2D eigenvalue weighted by Crippen LogP contribution is -2.33. The maximum Gasteiger partial charge on any atom is 0.469 e. The van der Waals surface area contributed by atoms with Crippen LogP contribution in [0.2, 0.25) is 0 Å². The van der Waals surface area contributed by atoms with Gasteiger partial charge in [0.05, 0.1) is 12.9 Å². The van der Waals surface area contributed by atoms with Crippen LogP contribution in [-0.4, -0.2) is 74.2 Å². The largest absolute Gasteiger partial charge is 0.469 e. The Morgan fingerprint density at radius 2 is 1.97 bits per heavy atom. The van der Waals surface area contributed by atoms with Crippen molar-refractivity contribution >= 4 is 24.8 Å². The molecule has 180 valence electrons. The average Bonchev–Trinajstić information content (AvgIpc) is 3.25. The van der Waals surface area contributed by atoms with Gasteiger partial charge in [-0.3, -0.25) is 18.9 Å². The van der Waals surface area contributed by atoms with E-state index in [1.54, 1.807) is 4.98 Å². The van der Waals surface area contributed by atoms with Crippen LogP contribution in [0.5, 0.6) is 0 Å². The summed E-state index contributed by atoms with van der Waals surface area (Å²) >= 11 is 0. The van der Waals surface area contributed by atoms with Gasteiger partial charge < -0.3 is 30.5 Å². The first-order valence-electron chi connectivity index (χ1n) is 8.72. The van der Waals surface area contributed by atoms with Crippen LogP contribution in [0.25, 0.3) is 11.2 Å². The highest BCUT2D eigenvalue weighted by Crippen LogP contribution is 2.38. The third kappa shape index (κ3) is 5.63. The van der Waals surface area contributed by atoms with Gasteiger partial charge in [-0.15, -0.1) is 4.79 Å². The number of fused-ring (bicyclic) bond motifs is 1. The lowest BCUT2D eigenvalue weighted by atomic mass is 10.1. The van der Waals surface area contributed by atoms with Crippen LogP contribution in [0, 0.1) is 6.08 Å². The minimum absolute atomic E-state index is 0.0663. The smallest absolute Gasteiger partial charge is 0.387 e. The summed E-state index contributed by atoms with van der Waals surface area (Å²) in [4.78, 5) is 50.0. The lowest BCUT2D eigenvalue weighted by molar-refractivity contribution is -0.0504. The summed E-state index contributed by atoms with van der Waals surface area (Å²) in [6.07, 6.45) is -4.71. The van der Waals surface area contributed by atoms with E-state index in [9.17, 15) is 33.2 Å². The molecular weight excluding hydrogens is 479 g/mol. The zero-order valence-corrected chi connectivity index (χ0v) is 17.0. The van der Waals surface area contributed by atoms with E-state index in [2.05, 4.69) is 19.5 Å². The number of imidazole rings is 1. The molecule has 3 aromatic heterocycles. The van der Waals surface area contributed by atoms with Crippen LogP contribution >= 0.6 is 7.82 Å². The summed E-state index contributed by atoms with van der Waals surface area (Å²) in [7, 11) is -4.78. The Labute approximate surface area is 180 Å². The Bertz CT molecular complexity index is 1310. The third-order valence-corrected chi connectivity index (χ3v) is 4.71. The van der Waals surface area contributed by atoms with E-state index in [0.717, 1.165) is 23.2 Å². The van der Waals surface area contributed by atoms with Crippen molar-refractivity contribution in [3.8, 4) is 0 Å². The highest BCUT2D eigenvalue weighted by atomic mass is 31.2. The molecule has 1 aliphatic heterocycles. The molecule has 4 rings (SSSR count). The molecule has 1 fully saturated rings. The molecular formula is C14H16F2N7O9P. The molecule has 16 nitrogen and oxygen atoms in total. The van der Waals surface area contributed by atoms with E-state index in [1.165, 1.54) is 0 Å². The average molecular weight is 495 g/mol. The van der Waals surface area contributed by atoms with Crippen molar-refractivity contribution in [2.75, 3.05) is 12.3 Å². The van der Waals surface area contributed by atoms with Gasteiger partial charge in [-0.1, -0.05) is 4.48 Å². The quantitative estimate of drug-likeness (QED) is 0.163. The fourth-order valence-electron chi connectivity index (χ4n) is 2.77. The Kier molecular flexibility index (Phi) is 6.98. The van der Waals surface area contributed by atoms with E-state index in [-0.39, 0.29) is 21.8 Å². The number of ether oxygens (including phenoxy) is 1. The first kappa shape index (κ1) is 24.5. The summed E-state index contributed by atoms with van der Waals surface area (Å²) in [5.74, 6) is -0.217. The van der Waals surface area contributed by atoms with Crippen molar-refractivity contribution in [1.82, 2.24) is 29.3 Å². The number of halogens is 2. The van der Waals surface area contributed by atoms with Gasteiger partial charge in [-0.2, -0.15) is 14.4 Å². The van der Waals surface area contributed by atoms with Gasteiger partial charge in [0.15, 0.2) is 23.2 Å². The fourth-order valence-corrected chi connectivity index (χ4v) is 3.11. The summed E-state index contributed by atoms with van der Waals surface area (Å²) in [5, 5.41) is 20.0. The van der Waals surface area contributed by atoms with Gasteiger partial charge in [0.1, 0.15) is 18.3 Å². The molecule has 0 radical (unpaired) electrons. The number of aliphatic hydroxyl groups is 2. The Balaban J connectivity index is 0.000000286. The molecule has 3 aromatic rings. The SMILES string of the molecule is Nc1nc(F)nc2c1ncn2[C@@H]1O[C@H](COP(=O)(O)O)[C@@H](O)[C@@H]1O.O=c1ccn(F)c(=O)[nH]1. The van der Waals surface area contributed by atoms with Gasteiger partial charge in [-0.25, -0.2) is 14.3 Å². The topological polar surface area (TPSA) is 241 Å². The maximum absolute atomic E-state index is 13.3. The monoisotopic (exact) mass is 495 g/mol. The van der Waals surface area contributed by atoms with Crippen LogP contribution < -0.4 is 17.0 Å². The van der Waals surface area contributed by atoms with Crippen LogP contribution in [0.1, 0.15) is 6.23 Å². The molecule has 4 atom stereocenters. The van der Waals surface area contributed by atoms with Crippen LogP contribution in [0.3, 0.4) is 0 Å². The summed E-state index contributed by atoms with van der Waals surface area (Å²) in [6, 6.07) is 0.918. The molecule has 0 unspecified atom stereocenters. The standard InChI is InChI=1S/C10H13FN5O7P.C4H3FN2O2/c11-10-14-7(12)4-8(15-10)16(2-13-4)9-6(18)5(17)3(23-9)1-22-24(19,20)21;5-7-2-1-3(8)6-4(7)9/h2-3,5-6,9,17-18H,1H2,(H2,12,14,15)(H2,19,20,21);1-2H,(H,6,8,9)/t3-,5-,6+,9-;/m1./s1. The molecule has 0 saturated carbocycles. The third-order valence-electron chi connectivity index (χ3n) is 4.22. The number of aromatic nitrogens is 6. The number of nitrogens with zero attached hydrogens (tertiary/aromatic N) is 5. The number of rotatable bonds is 4. The number of aromatic amines is 1. The molecule has 7 N–H and O–H groups in total. The Morgan fingerprint density at radius 1 is 1.27 bits per heavy atom. The van der Waals surface area contributed by atoms with E-state index in [4.69, 9.17) is 20.3 Å². The van der Waals surface area contributed by atoms with Crippen molar-refractivity contribution < 1.29 is 42.7 Å². The molecule has 0 aliphatic carbocycles. The molecule has 33 heavy (non-hydrogen) atoms. The maximum atomic E-state index is 13.3. The van der Waals surface area contributed by atoms with E-state index < -0.39 is 56.3 Å². The minimum atomic E-state index is -4.78. The van der Waals surface area contributed by atoms with Crippen LogP contribution in [0.15, 0.2) is 28.2 Å². The molecule has 4 heterocycles. The van der Waals surface area contributed by atoms with Gasteiger partial charge in [-0.05, 0) is 0 Å². The zero-order chi connectivity index (χ0) is 24.5. The van der Waals surface area contributed by atoms with Crippen molar-refractivity contribution in [2.45, 2.75) is 24.5 Å². The van der Waals surface area contributed by atoms with Gasteiger partial charge >= 0.3 is 19.6 Å². The second kappa shape index (κ2) is 9.40. The number of hydrogen-bond donors (Lipinski definition) is 6. The molecule has 19 heteroatoms. The predicted molar refractivity (Wildman–Crippen MR) is 101 cm³/mol. The first-order chi connectivity index (χ1) is 15.4. The van der Waals surface area contributed by atoms with Crippen molar-refractivity contribution in [2.24, 2.45) is 0 Å². The normalized spacial score (nSPS) is 22.8. The number of aliphatic hydroxyl groups excluding tert-OH is 2. The van der Waals surface area contributed by atoms with Crippen LogP contribution in [-0.2, 0) is 13.8 Å². The lowest BCUT2D eigenvalue weighted by Gasteiger charge is -2.16. The number of nitrogens with two attached hydrogens (primary N) is 1. The number of H-pyrrole nitrogens is 1. The van der Waals surface area contributed by atoms with Gasteiger partial charge in [0.25, 0.3) is 5.56 Å². The highest BCUT2D eigenvalue weighted by molar-refractivity contribution is 7.46. The Morgan fingerprint density at radius 3 is 2.58 bits per heavy atom. The molecule has 0 aromatic carbocycles. The molecule has 1 aliphatic rings. The molecule has 0 amide bonds. The fraction of sp³-hybridized carbons (Fsp3) is 0.357. The van der Waals surface area contributed by atoms with Crippen molar-refractivity contribution in [3.63, 3.8) is 0 Å². The van der Waals surface area contributed by atoms with Gasteiger partial charge in [0.2, 0.25) is 0 Å². The van der Waals surface area contributed by atoms with Crippen LogP contribution in [0.4, 0.5) is 14.7 Å². The van der Waals surface area contributed by atoms with E-state index >= 15 is 0 Å². The van der Waals surface area contributed by atoms with E-state index in [0.29, 0.717) is 0 Å². The van der Waals surface area contributed by atoms with E-state index in [1.807, 2.05) is 0 Å². The van der Waals surface area contributed by atoms with Gasteiger partial charge in [0, 0.05) is 12.3 Å². The highest BCUT2D eigenvalue weighted by Gasteiger charge is 2.45. The zero-order valence-electron chi connectivity index (χ0n) is 16.1. The molecule has 1 saturated heterocycles. The number of phosphoric ester groups is 1. The second-order valence-electron chi connectivity index (χ2n) is 6.46. The summed E-state index contributed by atoms with van der Waals surface area (Å²) in [5.41, 5.74) is 3.86. The number of hydrogen-bond acceptors (Lipinski definition) is 11. The first-order valence-corrected chi connectivity index (χ1v) is 10.3. The van der Waals surface area contributed by atoms with Crippen molar-refractivity contribution in [3.05, 3.63) is 45.5 Å². The minimum Gasteiger partial charge on any atom is -0.387 e.